The third-order valence-corrected chi connectivity index (χ3v) is 4.05. The van der Waals surface area contributed by atoms with Crippen LogP contribution < -0.4 is 10.1 Å². The number of amides is 1. The summed E-state index contributed by atoms with van der Waals surface area (Å²) < 4.78 is 5.83. The van der Waals surface area contributed by atoms with Crippen molar-refractivity contribution in [2.45, 2.75) is 52.6 Å². The normalized spacial score (nSPS) is 12.3. The molecule has 0 bridgehead atoms. The molecule has 0 heterocycles. The van der Waals surface area contributed by atoms with E-state index < -0.39 is 6.10 Å². The molecule has 0 spiro atoms. The molecule has 1 amide bonds. The maximum Gasteiger partial charge on any atom is 0.265 e. The average Bonchev–Trinajstić information content (AvgIpc) is 2.55. The van der Waals surface area contributed by atoms with Crippen LogP contribution in [0.15, 0.2) is 48.5 Å². The van der Waals surface area contributed by atoms with Gasteiger partial charge in [-0.1, -0.05) is 58.0 Å². The molecule has 1 N–H and O–H groups in total. The van der Waals surface area contributed by atoms with Crippen molar-refractivity contribution in [1.29, 1.82) is 0 Å². The first-order valence-electron chi connectivity index (χ1n) is 8.55. The molecule has 0 saturated heterocycles. The Labute approximate surface area is 145 Å². The van der Waals surface area contributed by atoms with Crippen LogP contribution >= 0.6 is 0 Å². The summed E-state index contributed by atoms with van der Waals surface area (Å²) in [5, 5.41) is 2.99. The highest BCUT2D eigenvalue weighted by Crippen LogP contribution is 2.24. The molecule has 2 aromatic rings. The lowest BCUT2D eigenvalue weighted by Crippen LogP contribution is -2.30. The number of carbonyl (C=O) groups excluding carboxylic acids is 1. The molecule has 3 nitrogen and oxygen atoms in total. The van der Waals surface area contributed by atoms with E-state index in [0.717, 1.165) is 17.0 Å². The van der Waals surface area contributed by atoms with E-state index >= 15 is 0 Å². The molecule has 128 valence electrons. The van der Waals surface area contributed by atoms with Gasteiger partial charge in [-0.3, -0.25) is 4.79 Å². The van der Waals surface area contributed by atoms with Crippen molar-refractivity contribution in [3.05, 3.63) is 59.7 Å². The molecule has 3 heteroatoms. The van der Waals surface area contributed by atoms with Crippen molar-refractivity contribution >= 4 is 11.6 Å². The average molecular weight is 325 g/mol. The Morgan fingerprint density at radius 1 is 0.917 bits per heavy atom. The highest BCUT2D eigenvalue weighted by molar-refractivity contribution is 5.94. The Morgan fingerprint density at radius 3 is 2.29 bits per heavy atom. The SMILES string of the molecule is CC(Oc1cccc(C(C)C)c1)C(=O)Nc1ccccc1C(C)C. The number of rotatable bonds is 6. The Bertz CT molecular complexity index is 692. The van der Waals surface area contributed by atoms with Gasteiger partial charge in [0.1, 0.15) is 5.75 Å². The van der Waals surface area contributed by atoms with E-state index in [9.17, 15) is 4.79 Å². The van der Waals surface area contributed by atoms with Crippen molar-refractivity contribution in [3.63, 3.8) is 0 Å². The monoisotopic (exact) mass is 325 g/mol. The summed E-state index contributed by atoms with van der Waals surface area (Å²) in [5.74, 6) is 1.36. The molecule has 2 rings (SSSR count). The van der Waals surface area contributed by atoms with Crippen LogP contribution in [0.25, 0.3) is 0 Å². The van der Waals surface area contributed by atoms with Gasteiger partial charge in [0.2, 0.25) is 0 Å². The largest absolute Gasteiger partial charge is 0.481 e. The van der Waals surface area contributed by atoms with E-state index in [4.69, 9.17) is 4.74 Å². The minimum atomic E-state index is -0.562. The number of hydrogen-bond donors (Lipinski definition) is 1. The molecule has 0 aliphatic heterocycles. The van der Waals surface area contributed by atoms with Crippen LogP contribution in [0.3, 0.4) is 0 Å². The lowest BCUT2D eigenvalue weighted by Gasteiger charge is -2.18. The van der Waals surface area contributed by atoms with E-state index in [1.54, 1.807) is 6.92 Å². The summed E-state index contributed by atoms with van der Waals surface area (Å²) in [6.07, 6.45) is -0.562. The highest BCUT2D eigenvalue weighted by atomic mass is 16.5. The van der Waals surface area contributed by atoms with Gasteiger partial charge >= 0.3 is 0 Å². The molecular formula is C21H27NO2. The standard InChI is InChI=1S/C21H27NO2/c1-14(2)17-9-8-10-18(13-17)24-16(5)21(23)22-20-12-7-6-11-19(20)15(3)4/h6-16H,1-5H3,(H,22,23). The Balaban J connectivity index is 2.07. The molecule has 2 aromatic carbocycles. The molecule has 1 unspecified atom stereocenters. The molecular weight excluding hydrogens is 298 g/mol. The summed E-state index contributed by atoms with van der Waals surface area (Å²) in [4.78, 5) is 12.5. The predicted molar refractivity (Wildman–Crippen MR) is 99.8 cm³/mol. The fraction of sp³-hybridized carbons (Fsp3) is 0.381. The van der Waals surface area contributed by atoms with E-state index in [1.165, 1.54) is 5.56 Å². The maximum atomic E-state index is 12.5. The zero-order chi connectivity index (χ0) is 17.7. The molecule has 0 aromatic heterocycles. The maximum absolute atomic E-state index is 12.5. The van der Waals surface area contributed by atoms with Crippen LogP contribution in [-0.4, -0.2) is 12.0 Å². The van der Waals surface area contributed by atoms with Crippen LogP contribution in [0.5, 0.6) is 5.75 Å². The molecule has 0 aliphatic rings. The Hall–Kier alpha value is -2.29. The fourth-order valence-electron chi connectivity index (χ4n) is 2.55. The van der Waals surface area contributed by atoms with Crippen LogP contribution in [0.1, 0.15) is 57.6 Å². The van der Waals surface area contributed by atoms with Gasteiger partial charge < -0.3 is 10.1 Å². The van der Waals surface area contributed by atoms with E-state index in [0.29, 0.717) is 11.8 Å². The zero-order valence-electron chi connectivity index (χ0n) is 15.2. The molecule has 0 saturated carbocycles. The van der Waals surface area contributed by atoms with Crippen molar-refractivity contribution in [3.8, 4) is 5.75 Å². The van der Waals surface area contributed by atoms with Gasteiger partial charge in [0.15, 0.2) is 6.10 Å². The van der Waals surface area contributed by atoms with Gasteiger partial charge in [-0.15, -0.1) is 0 Å². The number of benzene rings is 2. The molecule has 0 fully saturated rings. The van der Waals surface area contributed by atoms with Gasteiger partial charge in [-0.2, -0.15) is 0 Å². The van der Waals surface area contributed by atoms with Gasteiger partial charge in [0, 0.05) is 5.69 Å². The molecule has 1 atom stereocenters. The summed E-state index contributed by atoms with van der Waals surface area (Å²) in [6.45, 7) is 10.3. The molecule has 24 heavy (non-hydrogen) atoms. The van der Waals surface area contributed by atoms with Crippen molar-refractivity contribution in [1.82, 2.24) is 0 Å². The first-order valence-corrected chi connectivity index (χ1v) is 8.55. The summed E-state index contributed by atoms with van der Waals surface area (Å²) in [7, 11) is 0. The van der Waals surface area contributed by atoms with E-state index in [1.807, 2.05) is 42.5 Å². The topological polar surface area (TPSA) is 38.3 Å². The quantitative estimate of drug-likeness (QED) is 0.778. The van der Waals surface area contributed by atoms with Crippen molar-refractivity contribution in [2.75, 3.05) is 5.32 Å². The number of nitrogens with one attached hydrogen (secondary N) is 1. The van der Waals surface area contributed by atoms with Crippen LogP contribution in [0, 0.1) is 0 Å². The highest BCUT2D eigenvalue weighted by Gasteiger charge is 2.17. The number of hydrogen-bond acceptors (Lipinski definition) is 2. The van der Waals surface area contributed by atoms with E-state index in [2.05, 4.69) is 39.1 Å². The van der Waals surface area contributed by atoms with Gasteiger partial charge in [-0.25, -0.2) is 0 Å². The lowest BCUT2D eigenvalue weighted by molar-refractivity contribution is -0.122. The van der Waals surface area contributed by atoms with Gasteiger partial charge in [-0.05, 0) is 48.1 Å². The number of ether oxygens (including phenoxy) is 1. The third kappa shape index (κ3) is 4.60. The van der Waals surface area contributed by atoms with Gasteiger partial charge in [0.05, 0.1) is 0 Å². The zero-order valence-corrected chi connectivity index (χ0v) is 15.2. The lowest BCUT2D eigenvalue weighted by atomic mass is 10.0. The van der Waals surface area contributed by atoms with Crippen molar-refractivity contribution < 1.29 is 9.53 Å². The van der Waals surface area contributed by atoms with Crippen molar-refractivity contribution in [2.24, 2.45) is 0 Å². The van der Waals surface area contributed by atoms with Crippen LogP contribution in [-0.2, 0) is 4.79 Å². The first-order chi connectivity index (χ1) is 11.4. The molecule has 0 aliphatic carbocycles. The van der Waals surface area contributed by atoms with Gasteiger partial charge in [0.25, 0.3) is 5.91 Å². The minimum Gasteiger partial charge on any atom is -0.481 e. The third-order valence-electron chi connectivity index (χ3n) is 4.05. The second-order valence-electron chi connectivity index (χ2n) is 6.72. The number of anilines is 1. The van der Waals surface area contributed by atoms with Crippen LogP contribution in [0.4, 0.5) is 5.69 Å². The minimum absolute atomic E-state index is 0.141. The number of carbonyl (C=O) groups is 1. The fourth-order valence-corrected chi connectivity index (χ4v) is 2.55. The Morgan fingerprint density at radius 2 is 1.62 bits per heavy atom. The first kappa shape index (κ1) is 18.1. The second kappa shape index (κ2) is 8.00. The van der Waals surface area contributed by atoms with E-state index in [-0.39, 0.29) is 5.91 Å². The molecule has 0 radical (unpaired) electrons. The number of para-hydroxylation sites is 1. The summed E-state index contributed by atoms with van der Waals surface area (Å²) in [6, 6.07) is 15.8. The second-order valence-corrected chi connectivity index (χ2v) is 6.72. The predicted octanol–water partition coefficient (Wildman–Crippen LogP) is 5.34. The summed E-state index contributed by atoms with van der Waals surface area (Å²) in [5.41, 5.74) is 3.17. The summed E-state index contributed by atoms with van der Waals surface area (Å²) >= 11 is 0. The smallest absolute Gasteiger partial charge is 0.265 e. The Kier molecular flexibility index (Phi) is 6.02. The van der Waals surface area contributed by atoms with Crippen LogP contribution in [0.2, 0.25) is 0 Å².